The summed E-state index contributed by atoms with van der Waals surface area (Å²) in [5.74, 6) is 1.52. The van der Waals surface area contributed by atoms with Crippen LogP contribution in [0.2, 0.25) is 0 Å². The number of hydrogen-bond donors (Lipinski definition) is 2. The maximum absolute atomic E-state index is 11.3. The number of methoxy groups -OCH3 is 2. The summed E-state index contributed by atoms with van der Waals surface area (Å²) in [4.78, 5) is 2.38. The summed E-state index contributed by atoms with van der Waals surface area (Å²) in [5.41, 5.74) is 2.14. The summed E-state index contributed by atoms with van der Waals surface area (Å²) in [6.07, 6.45) is 1.60. The van der Waals surface area contributed by atoms with Crippen molar-refractivity contribution in [2.24, 2.45) is 0 Å². The second-order valence-electron chi connectivity index (χ2n) is 7.50. The van der Waals surface area contributed by atoms with E-state index in [1.165, 1.54) is 0 Å². The van der Waals surface area contributed by atoms with E-state index in [0.29, 0.717) is 11.5 Å². The molecule has 0 bridgehead atoms. The van der Waals surface area contributed by atoms with E-state index in [-0.39, 0.29) is 11.8 Å². The Morgan fingerprint density at radius 1 is 0.963 bits per heavy atom. The van der Waals surface area contributed by atoms with Crippen LogP contribution >= 0.6 is 0 Å². The lowest BCUT2D eigenvalue weighted by molar-refractivity contribution is 0.0552. The van der Waals surface area contributed by atoms with E-state index in [0.717, 1.165) is 58.6 Å². The number of aliphatic hydroxyl groups is 1. The minimum absolute atomic E-state index is 0.170. The molecule has 27 heavy (non-hydrogen) atoms. The number of phenolic OH excluding ortho intramolecular Hbond substituents is 1. The number of aromatic hydroxyl groups is 1. The van der Waals surface area contributed by atoms with Crippen molar-refractivity contribution in [2.45, 2.75) is 31.5 Å². The van der Waals surface area contributed by atoms with Crippen molar-refractivity contribution in [1.29, 1.82) is 0 Å². The average molecular weight is 365 g/mol. The molecule has 5 heteroatoms. The van der Waals surface area contributed by atoms with Crippen LogP contribution in [0.3, 0.4) is 0 Å². The third kappa shape index (κ3) is 2.32. The summed E-state index contributed by atoms with van der Waals surface area (Å²) >= 11 is 0. The molecule has 5 rings (SSSR count). The minimum Gasteiger partial charge on any atom is -0.508 e. The van der Waals surface area contributed by atoms with Gasteiger partial charge in [-0.2, -0.15) is 0 Å². The molecular weight excluding hydrogens is 342 g/mol. The highest BCUT2D eigenvalue weighted by atomic mass is 16.5. The van der Waals surface area contributed by atoms with Crippen LogP contribution in [0.1, 0.15) is 30.1 Å². The maximum atomic E-state index is 11.3. The van der Waals surface area contributed by atoms with Gasteiger partial charge in [0.05, 0.1) is 20.3 Å². The lowest BCUT2D eigenvalue weighted by Crippen LogP contribution is -2.39. The standard InChI is InChI=1S/C22H23NO4/c1-26-19-9-15-14-8-12(24)5-6-13(14)17-11-23-7-3-4-18(23)22(25)21(17)16(15)10-20(19)27-2/h5-6,8-10,18,22,24-25H,3-4,7,11H2,1-2H3/t18-,22+/m0/s1. The van der Waals surface area contributed by atoms with Gasteiger partial charge in [0.25, 0.3) is 0 Å². The van der Waals surface area contributed by atoms with Gasteiger partial charge in [0.1, 0.15) is 5.75 Å². The van der Waals surface area contributed by atoms with Gasteiger partial charge in [-0.05, 0) is 76.3 Å². The van der Waals surface area contributed by atoms with E-state index in [4.69, 9.17) is 9.47 Å². The smallest absolute Gasteiger partial charge is 0.161 e. The van der Waals surface area contributed by atoms with Gasteiger partial charge in [-0.3, -0.25) is 4.90 Å². The lowest BCUT2D eigenvalue weighted by Gasteiger charge is -2.37. The molecule has 0 unspecified atom stereocenters. The third-order valence-corrected chi connectivity index (χ3v) is 6.19. The molecule has 0 aromatic heterocycles. The van der Waals surface area contributed by atoms with Gasteiger partial charge >= 0.3 is 0 Å². The van der Waals surface area contributed by atoms with Crippen LogP contribution in [0.25, 0.3) is 21.5 Å². The Morgan fingerprint density at radius 2 is 1.67 bits per heavy atom. The van der Waals surface area contributed by atoms with E-state index in [1.807, 2.05) is 18.2 Å². The van der Waals surface area contributed by atoms with Crippen LogP contribution in [0.4, 0.5) is 0 Å². The Balaban J connectivity index is 1.93. The second kappa shape index (κ2) is 6.01. The maximum Gasteiger partial charge on any atom is 0.161 e. The fourth-order valence-corrected chi connectivity index (χ4v) is 4.96. The number of rotatable bonds is 2. The molecule has 1 saturated heterocycles. The quantitative estimate of drug-likeness (QED) is 0.678. The van der Waals surface area contributed by atoms with Crippen molar-refractivity contribution >= 4 is 21.5 Å². The van der Waals surface area contributed by atoms with Gasteiger partial charge in [0.2, 0.25) is 0 Å². The number of fused-ring (bicyclic) bond motifs is 7. The average Bonchev–Trinajstić information content (AvgIpc) is 3.16. The van der Waals surface area contributed by atoms with Crippen molar-refractivity contribution in [2.75, 3.05) is 20.8 Å². The van der Waals surface area contributed by atoms with E-state index in [1.54, 1.807) is 26.4 Å². The third-order valence-electron chi connectivity index (χ3n) is 6.19. The van der Waals surface area contributed by atoms with Crippen molar-refractivity contribution in [3.8, 4) is 17.2 Å². The highest BCUT2D eigenvalue weighted by Crippen LogP contribution is 2.47. The largest absolute Gasteiger partial charge is 0.508 e. The molecule has 5 nitrogen and oxygen atoms in total. The predicted molar refractivity (Wildman–Crippen MR) is 105 cm³/mol. The number of nitrogens with zero attached hydrogens (tertiary/aromatic N) is 1. The Labute approximate surface area is 157 Å². The van der Waals surface area contributed by atoms with Gasteiger partial charge in [-0.25, -0.2) is 0 Å². The molecule has 3 aromatic rings. The molecule has 2 aliphatic heterocycles. The van der Waals surface area contributed by atoms with Crippen LogP contribution in [0.15, 0.2) is 30.3 Å². The van der Waals surface area contributed by atoms with Crippen LogP contribution < -0.4 is 9.47 Å². The second-order valence-corrected chi connectivity index (χ2v) is 7.50. The van der Waals surface area contributed by atoms with Crippen LogP contribution in [-0.2, 0) is 6.54 Å². The molecule has 2 atom stereocenters. The molecule has 3 aromatic carbocycles. The first-order valence-corrected chi connectivity index (χ1v) is 9.37. The van der Waals surface area contributed by atoms with Crippen LogP contribution in [0, 0.1) is 0 Å². The summed E-state index contributed by atoms with van der Waals surface area (Å²) in [7, 11) is 3.24. The van der Waals surface area contributed by atoms with Gasteiger partial charge in [0.15, 0.2) is 11.5 Å². The highest BCUT2D eigenvalue weighted by molar-refractivity contribution is 6.12. The number of aliphatic hydroxyl groups excluding tert-OH is 1. The number of ether oxygens (including phenoxy) is 2. The van der Waals surface area contributed by atoms with Crippen molar-refractivity contribution in [1.82, 2.24) is 4.90 Å². The Morgan fingerprint density at radius 3 is 2.41 bits per heavy atom. The van der Waals surface area contributed by atoms with Crippen molar-refractivity contribution in [3.63, 3.8) is 0 Å². The van der Waals surface area contributed by atoms with E-state index in [2.05, 4.69) is 4.90 Å². The molecular formula is C22H23NO4. The summed E-state index contributed by atoms with van der Waals surface area (Å²) in [6, 6.07) is 9.56. The molecule has 0 amide bonds. The van der Waals surface area contributed by atoms with Crippen molar-refractivity contribution < 1.29 is 19.7 Å². The Bertz CT molecular complexity index is 1060. The minimum atomic E-state index is -0.532. The molecule has 1 fully saturated rings. The number of benzene rings is 3. The van der Waals surface area contributed by atoms with E-state index < -0.39 is 6.10 Å². The van der Waals surface area contributed by atoms with Gasteiger partial charge in [-0.1, -0.05) is 6.07 Å². The lowest BCUT2D eigenvalue weighted by atomic mass is 9.83. The first-order valence-electron chi connectivity index (χ1n) is 9.37. The highest BCUT2D eigenvalue weighted by Gasteiger charge is 2.39. The molecule has 140 valence electrons. The predicted octanol–water partition coefficient (Wildman–Crippen LogP) is 3.73. The Hall–Kier alpha value is -2.50. The van der Waals surface area contributed by atoms with Gasteiger partial charge in [0, 0.05) is 12.6 Å². The molecule has 0 radical (unpaired) electrons. The zero-order chi connectivity index (χ0) is 18.7. The van der Waals surface area contributed by atoms with E-state index >= 15 is 0 Å². The zero-order valence-corrected chi connectivity index (χ0v) is 15.5. The van der Waals surface area contributed by atoms with Gasteiger partial charge < -0.3 is 19.7 Å². The van der Waals surface area contributed by atoms with Crippen LogP contribution in [-0.4, -0.2) is 41.9 Å². The SMILES string of the molecule is COc1cc2c3c(c4ccc(O)cc4c2cc1OC)CN1CCC[C@H]1[C@H]3O. The van der Waals surface area contributed by atoms with Gasteiger partial charge in [-0.15, -0.1) is 0 Å². The molecule has 2 N–H and O–H groups in total. The first-order chi connectivity index (χ1) is 13.1. The first kappa shape index (κ1) is 16.7. The summed E-state index contributed by atoms with van der Waals surface area (Å²) in [6.45, 7) is 1.84. The number of hydrogen-bond acceptors (Lipinski definition) is 5. The fraction of sp³-hybridized carbons (Fsp3) is 0.364. The van der Waals surface area contributed by atoms with E-state index in [9.17, 15) is 10.2 Å². The molecule has 0 saturated carbocycles. The molecule has 0 spiro atoms. The van der Waals surface area contributed by atoms with Crippen LogP contribution in [0.5, 0.6) is 17.2 Å². The van der Waals surface area contributed by atoms with Crippen molar-refractivity contribution in [3.05, 3.63) is 41.5 Å². The monoisotopic (exact) mass is 365 g/mol. The molecule has 2 heterocycles. The summed E-state index contributed by atoms with van der Waals surface area (Å²) < 4.78 is 11.0. The number of phenols is 1. The topological polar surface area (TPSA) is 62.2 Å². The normalized spacial score (nSPS) is 22.0. The zero-order valence-electron chi connectivity index (χ0n) is 15.5. The summed E-state index contributed by atoms with van der Waals surface area (Å²) in [5, 5.41) is 25.4. The Kier molecular flexibility index (Phi) is 3.71. The molecule has 2 aliphatic rings. The molecule has 0 aliphatic carbocycles. The fourth-order valence-electron chi connectivity index (χ4n) is 4.96.